The molecule has 3 rings (SSSR count). The third-order valence-electron chi connectivity index (χ3n) is 4.17. The maximum absolute atomic E-state index is 12.4. The topological polar surface area (TPSA) is 60.3 Å². The van der Waals surface area contributed by atoms with Crippen LogP contribution in [-0.2, 0) is 4.79 Å². The zero-order valence-corrected chi connectivity index (χ0v) is 14.4. The third-order valence-corrected chi connectivity index (χ3v) is 4.17. The number of carbonyl (C=O) groups is 1. The summed E-state index contributed by atoms with van der Waals surface area (Å²) in [5.41, 5.74) is 2.11. The van der Waals surface area contributed by atoms with E-state index in [0.717, 1.165) is 31.9 Å². The van der Waals surface area contributed by atoms with Crippen molar-refractivity contribution < 1.29 is 4.79 Å². The fraction of sp³-hybridized carbons (Fsp3) is 0.316. The van der Waals surface area contributed by atoms with Crippen LogP contribution in [0.5, 0.6) is 0 Å². The van der Waals surface area contributed by atoms with Gasteiger partial charge in [0.2, 0.25) is 5.91 Å². The molecule has 6 nitrogen and oxygen atoms in total. The Hall–Kier alpha value is -2.57. The zero-order chi connectivity index (χ0) is 17.5. The van der Waals surface area contributed by atoms with E-state index in [1.165, 1.54) is 0 Å². The number of rotatable bonds is 5. The van der Waals surface area contributed by atoms with Crippen molar-refractivity contribution in [3.63, 3.8) is 0 Å². The summed E-state index contributed by atoms with van der Waals surface area (Å²) >= 11 is 0. The van der Waals surface area contributed by atoms with Crippen LogP contribution in [0.25, 0.3) is 0 Å². The molecule has 0 unspecified atom stereocenters. The van der Waals surface area contributed by atoms with Gasteiger partial charge in [-0.25, -0.2) is 0 Å². The van der Waals surface area contributed by atoms with Crippen LogP contribution in [0.4, 0.5) is 17.1 Å². The quantitative estimate of drug-likeness (QED) is 0.852. The highest BCUT2D eigenvalue weighted by Crippen LogP contribution is 2.26. The van der Waals surface area contributed by atoms with E-state index >= 15 is 0 Å². The van der Waals surface area contributed by atoms with E-state index in [9.17, 15) is 4.79 Å². The van der Waals surface area contributed by atoms with Crippen LogP contribution in [0, 0.1) is 0 Å². The van der Waals surface area contributed by atoms with Crippen molar-refractivity contribution in [1.82, 2.24) is 9.80 Å². The van der Waals surface area contributed by atoms with Gasteiger partial charge in [-0.15, -0.1) is 5.11 Å². The maximum Gasteiger partial charge on any atom is 0.238 e. The predicted molar refractivity (Wildman–Crippen MR) is 99.6 cm³/mol. The van der Waals surface area contributed by atoms with Gasteiger partial charge < -0.3 is 10.2 Å². The van der Waals surface area contributed by atoms with Gasteiger partial charge in [-0.1, -0.05) is 30.3 Å². The lowest BCUT2D eigenvalue weighted by atomic mass is 10.2. The Kier molecular flexibility index (Phi) is 5.87. The van der Waals surface area contributed by atoms with Crippen LogP contribution in [-0.4, -0.2) is 55.5 Å². The van der Waals surface area contributed by atoms with Gasteiger partial charge in [0.15, 0.2) is 0 Å². The van der Waals surface area contributed by atoms with Gasteiger partial charge in [0, 0.05) is 26.2 Å². The summed E-state index contributed by atoms with van der Waals surface area (Å²) in [6, 6.07) is 17.0. The number of carbonyl (C=O) groups excluding carboxylic acids is 1. The van der Waals surface area contributed by atoms with Crippen molar-refractivity contribution in [3.8, 4) is 0 Å². The van der Waals surface area contributed by atoms with Gasteiger partial charge in [-0.2, -0.15) is 5.11 Å². The molecule has 1 fully saturated rings. The molecule has 0 aromatic heterocycles. The lowest BCUT2D eigenvalue weighted by Gasteiger charge is -2.31. The molecular weight excluding hydrogens is 314 g/mol. The molecule has 2 aromatic carbocycles. The molecule has 2 aromatic rings. The van der Waals surface area contributed by atoms with Crippen LogP contribution < -0.4 is 5.32 Å². The number of para-hydroxylation sites is 1. The van der Waals surface area contributed by atoms with Crippen LogP contribution in [0.15, 0.2) is 64.8 Å². The minimum Gasteiger partial charge on any atom is -0.323 e. The molecule has 0 radical (unpaired) electrons. The number of hydrogen-bond acceptors (Lipinski definition) is 5. The third kappa shape index (κ3) is 5.20. The number of likely N-dealkylation sites (N-methyl/N-ethyl adjacent to an activating group) is 1. The van der Waals surface area contributed by atoms with E-state index in [1.807, 2.05) is 54.6 Å². The molecule has 25 heavy (non-hydrogen) atoms. The fourth-order valence-electron chi connectivity index (χ4n) is 2.67. The Labute approximate surface area is 148 Å². The van der Waals surface area contributed by atoms with Crippen molar-refractivity contribution in [1.29, 1.82) is 0 Å². The smallest absolute Gasteiger partial charge is 0.238 e. The number of azo groups is 1. The molecule has 130 valence electrons. The number of benzene rings is 2. The Bertz CT molecular complexity index is 724. The molecule has 0 spiro atoms. The standard InChI is InChI=1S/C19H23N5O/c1-23-11-13-24(14-12-23)15-19(25)20-17-9-5-6-10-18(17)22-21-16-7-3-2-4-8-16/h2-10H,11-15H2,1H3,(H,20,25). The SMILES string of the molecule is CN1CCN(CC(=O)Nc2ccccc2N=Nc2ccccc2)CC1. The van der Waals surface area contributed by atoms with Crippen molar-refractivity contribution in [2.45, 2.75) is 0 Å². The summed E-state index contributed by atoms with van der Waals surface area (Å²) in [6.07, 6.45) is 0. The highest BCUT2D eigenvalue weighted by atomic mass is 16.2. The Balaban J connectivity index is 1.62. The van der Waals surface area contributed by atoms with Gasteiger partial charge in [0.25, 0.3) is 0 Å². The minimum absolute atomic E-state index is 0.0214. The van der Waals surface area contributed by atoms with Crippen LogP contribution >= 0.6 is 0 Å². The first-order chi connectivity index (χ1) is 12.2. The molecular formula is C19H23N5O. The highest BCUT2D eigenvalue weighted by Gasteiger charge is 2.17. The molecule has 1 heterocycles. The molecule has 1 amide bonds. The molecule has 0 aliphatic carbocycles. The first-order valence-electron chi connectivity index (χ1n) is 8.47. The summed E-state index contributed by atoms with van der Waals surface area (Å²) in [5.74, 6) is -0.0214. The predicted octanol–water partition coefficient (Wildman–Crippen LogP) is 3.29. The summed E-state index contributed by atoms with van der Waals surface area (Å²) in [4.78, 5) is 16.8. The van der Waals surface area contributed by atoms with E-state index in [-0.39, 0.29) is 5.91 Å². The van der Waals surface area contributed by atoms with Gasteiger partial charge in [0.1, 0.15) is 5.69 Å². The summed E-state index contributed by atoms with van der Waals surface area (Å²) in [6.45, 7) is 4.22. The van der Waals surface area contributed by atoms with Crippen molar-refractivity contribution >= 4 is 23.0 Å². The van der Waals surface area contributed by atoms with E-state index in [2.05, 4.69) is 32.4 Å². The second kappa shape index (κ2) is 8.50. The summed E-state index contributed by atoms with van der Waals surface area (Å²) in [5, 5.41) is 11.5. The van der Waals surface area contributed by atoms with E-state index < -0.39 is 0 Å². The van der Waals surface area contributed by atoms with Crippen molar-refractivity contribution in [3.05, 3.63) is 54.6 Å². The number of piperazine rings is 1. The van der Waals surface area contributed by atoms with Gasteiger partial charge in [0.05, 0.1) is 17.9 Å². The van der Waals surface area contributed by atoms with E-state index in [4.69, 9.17) is 0 Å². The fourth-order valence-corrected chi connectivity index (χ4v) is 2.67. The second-order valence-electron chi connectivity index (χ2n) is 6.18. The monoisotopic (exact) mass is 337 g/mol. The first-order valence-corrected chi connectivity index (χ1v) is 8.47. The molecule has 1 aliphatic heterocycles. The highest BCUT2D eigenvalue weighted by molar-refractivity contribution is 5.94. The van der Waals surface area contributed by atoms with Gasteiger partial charge >= 0.3 is 0 Å². The van der Waals surface area contributed by atoms with Crippen molar-refractivity contribution in [2.24, 2.45) is 10.2 Å². The summed E-state index contributed by atoms with van der Waals surface area (Å²) < 4.78 is 0. The largest absolute Gasteiger partial charge is 0.323 e. The summed E-state index contributed by atoms with van der Waals surface area (Å²) in [7, 11) is 2.10. The average Bonchev–Trinajstić information content (AvgIpc) is 2.64. The number of anilines is 1. The normalized spacial score (nSPS) is 16.2. The molecule has 1 aliphatic rings. The Morgan fingerprint density at radius 3 is 2.40 bits per heavy atom. The number of amides is 1. The zero-order valence-electron chi connectivity index (χ0n) is 14.4. The van der Waals surface area contributed by atoms with Crippen LogP contribution in [0.3, 0.4) is 0 Å². The van der Waals surface area contributed by atoms with E-state index in [0.29, 0.717) is 17.9 Å². The number of nitrogens with zero attached hydrogens (tertiary/aromatic N) is 4. The van der Waals surface area contributed by atoms with Crippen molar-refractivity contribution in [2.75, 3.05) is 45.1 Å². The first kappa shape index (κ1) is 17.3. The molecule has 6 heteroatoms. The van der Waals surface area contributed by atoms with Crippen LogP contribution in [0.2, 0.25) is 0 Å². The van der Waals surface area contributed by atoms with Crippen LogP contribution in [0.1, 0.15) is 0 Å². The lowest BCUT2D eigenvalue weighted by molar-refractivity contribution is -0.117. The Morgan fingerprint density at radius 1 is 0.960 bits per heavy atom. The Morgan fingerprint density at radius 2 is 1.64 bits per heavy atom. The maximum atomic E-state index is 12.4. The second-order valence-corrected chi connectivity index (χ2v) is 6.18. The van der Waals surface area contributed by atoms with Gasteiger partial charge in [-0.3, -0.25) is 9.69 Å². The van der Waals surface area contributed by atoms with Gasteiger partial charge in [-0.05, 0) is 31.3 Å². The minimum atomic E-state index is -0.0214. The number of hydrogen-bond donors (Lipinski definition) is 1. The molecule has 0 saturated carbocycles. The molecule has 0 bridgehead atoms. The lowest BCUT2D eigenvalue weighted by Crippen LogP contribution is -2.47. The number of nitrogens with one attached hydrogen (secondary N) is 1. The molecule has 0 atom stereocenters. The molecule has 1 N–H and O–H groups in total. The molecule has 1 saturated heterocycles. The van der Waals surface area contributed by atoms with E-state index in [1.54, 1.807) is 0 Å². The average molecular weight is 337 g/mol.